The van der Waals surface area contributed by atoms with Crippen LogP contribution in [0.2, 0.25) is 4.34 Å². The number of hydrogen-bond donors (Lipinski definition) is 0. The highest BCUT2D eigenvalue weighted by Crippen LogP contribution is 2.24. The summed E-state index contributed by atoms with van der Waals surface area (Å²) >= 11 is 7.18. The van der Waals surface area contributed by atoms with Gasteiger partial charge < -0.3 is 14.3 Å². The second kappa shape index (κ2) is 8.39. The predicted octanol–water partition coefficient (Wildman–Crippen LogP) is 4.41. The van der Waals surface area contributed by atoms with Crippen LogP contribution in [0.3, 0.4) is 0 Å². The van der Waals surface area contributed by atoms with Crippen molar-refractivity contribution >= 4 is 34.7 Å². The van der Waals surface area contributed by atoms with E-state index in [1.165, 1.54) is 11.3 Å². The third kappa shape index (κ3) is 4.21. The number of halogens is 1. The van der Waals surface area contributed by atoms with E-state index >= 15 is 0 Å². The first-order valence-electron chi connectivity index (χ1n) is 9.41. The number of aromatic nitrogens is 1. The summed E-state index contributed by atoms with van der Waals surface area (Å²) in [5.74, 6) is 1.58. The minimum Gasteiger partial charge on any atom is -0.359 e. The summed E-state index contributed by atoms with van der Waals surface area (Å²) in [4.78, 5) is 21.5. The molecule has 0 N–H and O–H groups in total. The fourth-order valence-electron chi connectivity index (χ4n) is 3.30. The monoisotopic (exact) mass is 428 g/mol. The molecule has 0 spiro atoms. The van der Waals surface area contributed by atoms with E-state index in [9.17, 15) is 4.79 Å². The number of aliphatic imine (C=N–C) groups is 1. The van der Waals surface area contributed by atoms with E-state index in [4.69, 9.17) is 16.1 Å². The second-order valence-corrected chi connectivity index (χ2v) is 8.52. The van der Waals surface area contributed by atoms with Crippen LogP contribution in [0, 0.1) is 0 Å². The number of carbonyl (C=O) groups excluding carboxylic acids is 1. The standard InChI is InChI=1S/C21H21ClN4O2S/c1-3-26-11-10-23-20(26)15-6-4-14(5-7-15)17-12-16(28-24-17)13-25(2)21(27)18-8-9-19(22)29-18/h4-9,12H,3,10-11,13H2,1-2H3. The number of rotatable bonds is 6. The Labute approximate surface area is 178 Å². The predicted molar refractivity (Wildman–Crippen MR) is 116 cm³/mol. The van der Waals surface area contributed by atoms with Crippen LogP contribution < -0.4 is 0 Å². The molecule has 4 rings (SSSR count). The molecule has 0 aliphatic carbocycles. The molecule has 1 aliphatic heterocycles. The van der Waals surface area contributed by atoms with Crippen LogP contribution in [0.5, 0.6) is 0 Å². The van der Waals surface area contributed by atoms with Crippen molar-refractivity contribution in [2.75, 3.05) is 26.7 Å². The average Bonchev–Trinajstić information content (AvgIpc) is 3.48. The third-order valence-corrected chi connectivity index (χ3v) is 6.05. The van der Waals surface area contributed by atoms with Gasteiger partial charge >= 0.3 is 0 Å². The molecule has 1 aliphatic rings. The summed E-state index contributed by atoms with van der Waals surface area (Å²) in [6, 6.07) is 13.5. The fraction of sp³-hybridized carbons (Fsp3) is 0.286. The fourth-order valence-corrected chi connectivity index (χ4v) is 4.34. The Morgan fingerprint density at radius 2 is 2.00 bits per heavy atom. The maximum absolute atomic E-state index is 12.5. The van der Waals surface area contributed by atoms with Crippen molar-refractivity contribution in [3.05, 3.63) is 63.0 Å². The molecule has 0 radical (unpaired) electrons. The number of amidine groups is 1. The SMILES string of the molecule is CCN1CCN=C1c1ccc(-c2cc(CN(C)C(=O)c3ccc(Cl)s3)on2)cc1. The quantitative estimate of drug-likeness (QED) is 0.583. The van der Waals surface area contributed by atoms with Gasteiger partial charge in [-0.25, -0.2) is 0 Å². The lowest BCUT2D eigenvalue weighted by atomic mass is 10.1. The number of benzene rings is 1. The number of nitrogens with zero attached hydrogens (tertiary/aromatic N) is 4. The number of carbonyl (C=O) groups is 1. The number of amides is 1. The molecule has 0 saturated heterocycles. The van der Waals surface area contributed by atoms with Crippen molar-refractivity contribution < 1.29 is 9.32 Å². The first-order chi connectivity index (χ1) is 14.0. The smallest absolute Gasteiger partial charge is 0.264 e. The molecule has 0 unspecified atom stereocenters. The zero-order valence-electron chi connectivity index (χ0n) is 16.3. The first-order valence-corrected chi connectivity index (χ1v) is 10.6. The summed E-state index contributed by atoms with van der Waals surface area (Å²) in [6.07, 6.45) is 0. The topological polar surface area (TPSA) is 61.9 Å². The summed E-state index contributed by atoms with van der Waals surface area (Å²) in [7, 11) is 1.73. The molecule has 1 aromatic carbocycles. The highest BCUT2D eigenvalue weighted by molar-refractivity contribution is 7.17. The minimum absolute atomic E-state index is 0.0954. The van der Waals surface area contributed by atoms with Crippen LogP contribution in [0.15, 0.2) is 52.0 Å². The Morgan fingerprint density at radius 3 is 2.69 bits per heavy atom. The maximum atomic E-state index is 12.5. The Balaban J connectivity index is 1.44. The van der Waals surface area contributed by atoms with Gasteiger partial charge in [0.05, 0.1) is 22.3 Å². The Morgan fingerprint density at radius 1 is 1.24 bits per heavy atom. The van der Waals surface area contributed by atoms with Gasteiger partial charge in [-0.3, -0.25) is 9.79 Å². The number of hydrogen-bond acceptors (Lipinski definition) is 6. The highest BCUT2D eigenvalue weighted by Gasteiger charge is 2.18. The Bertz CT molecular complexity index is 1040. The first kappa shape index (κ1) is 19.7. The van der Waals surface area contributed by atoms with Crippen LogP contribution in [-0.2, 0) is 6.54 Å². The van der Waals surface area contributed by atoms with Crippen LogP contribution in [0.25, 0.3) is 11.3 Å². The van der Waals surface area contributed by atoms with Gasteiger partial charge in [0, 0.05) is 37.3 Å². The van der Waals surface area contributed by atoms with Crippen molar-refractivity contribution in [3.63, 3.8) is 0 Å². The van der Waals surface area contributed by atoms with Gasteiger partial charge in [0.15, 0.2) is 5.76 Å². The summed E-state index contributed by atoms with van der Waals surface area (Å²) in [5, 5.41) is 4.16. The lowest BCUT2D eigenvalue weighted by molar-refractivity contribution is 0.0777. The van der Waals surface area contributed by atoms with E-state index in [1.54, 1.807) is 24.1 Å². The van der Waals surface area contributed by atoms with Crippen LogP contribution in [-0.4, -0.2) is 53.4 Å². The van der Waals surface area contributed by atoms with E-state index < -0.39 is 0 Å². The number of likely N-dealkylation sites (N-methyl/N-ethyl adjacent to an activating group) is 1. The summed E-state index contributed by atoms with van der Waals surface area (Å²) in [5.41, 5.74) is 2.81. The van der Waals surface area contributed by atoms with E-state index in [-0.39, 0.29) is 5.91 Å². The largest absolute Gasteiger partial charge is 0.359 e. The zero-order valence-corrected chi connectivity index (χ0v) is 17.8. The highest BCUT2D eigenvalue weighted by atomic mass is 35.5. The molecule has 2 aromatic heterocycles. The molecule has 0 atom stereocenters. The Kier molecular flexibility index (Phi) is 5.69. The van der Waals surface area contributed by atoms with Crippen molar-refractivity contribution in [2.24, 2.45) is 4.99 Å². The van der Waals surface area contributed by atoms with E-state index in [2.05, 4.69) is 34.1 Å². The Hall–Kier alpha value is -2.64. The van der Waals surface area contributed by atoms with E-state index in [0.717, 1.165) is 42.3 Å². The van der Waals surface area contributed by atoms with Gasteiger partial charge in [0.25, 0.3) is 5.91 Å². The average molecular weight is 429 g/mol. The molecular formula is C21H21ClN4O2S. The minimum atomic E-state index is -0.0954. The van der Waals surface area contributed by atoms with Crippen molar-refractivity contribution in [2.45, 2.75) is 13.5 Å². The molecular weight excluding hydrogens is 408 g/mol. The molecule has 29 heavy (non-hydrogen) atoms. The lowest BCUT2D eigenvalue weighted by Gasteiger charge is -2.17. The molecule has 3 aromatic rings. The molecule has 0 fully saturated rings. The van der Waals surface area contributed by atoms with Gasteiger partial charge in [0.2, 0.25) is 0 Å². The van der Waals surface area contributed by atoms with Crippen molar-refractivity contribution in [1.29, 1.82) is 0 Å². The van der Waals surface area contributed by atoms with Crippen molar-refractivity contribution in [1.82, 2.24) is 15.0 Å². The summed E-state index contributed by atoms with van der Waals surface area (Å²) in [6.45, 7) is 5.26. The van der Waals surface area contributed by atoms with Gasteiger partial charge in [-0.05, 0) is 19.1 Å². The number of thiophene rings is 1. The normalized spacial score (nSPS) is 13.6. The molecule has 8 heteroatoms. The van der Waals surface area contributed by atoms with Crippen LogP contribution in [0.4, 0.5) is 0 Å². The molecule has 1 amide bonds. The molecule has 0 saturated carbocycles. The second-order valence-electron chi connectivity index (χ2n) is 6.81. The van der Waals surface area contributed by atoms with Gasteiger partial charge in [-0.15, -0.1) is 11.3 Å². The van der Waals surface area contributed by atoms with Gasteiger partial charge in [0.1, 0.15) is 11.5 Å². The van der Waals surface area contributed by atoms with Crippen LogP contribution >= 0.6 is 22.9 Å². The van der Waals surface area contributed by atoms with Gasteiger partial charge in [-0.1, -0.05) is 41.0 Å². The maximum Gasteiger partial charge on any atom is 0.264 e. The van der Waals surface area contributed by atoms with E-state index in [1.807, 2.05) is 18.2 Å². The van der Waals surface area contributed by atoms with Crippen LogP contribution in [0.1, 0.15) is 27.9 Å². The van der Waals surface area contributed by atoms with E-state index in [0.29, 0.717) is 21.5 Å². The molecule has 0 bridgehead atoms. The molecule has 6 nitrogen and oxygen atoms in total. The molecule has 150 valence electrons. The summed E-state index contributed by atoms with van der Waals surface area (Å²) < 4.78 is 6.04. The lowest BCUT2D eigenvalue weighted by Crippen LogP contribution is -2.27. The van der Waals surface area contributed by atoms with Crippen molar-refractivity contribution in [3.8, 4) is 11.3 Å². The third-order valence-electron chi connectivity index (χ3n) is 4.83. The zero-order chi connectivity index (χ0) is 20.4. The van der Waals surface area contributed by atoms with Gasteiger partial charge in [-0.2, -0.15) is 0 Å². The molecule has 3 heterocycles.